The molecule has 1 amide bonds. The van der Waals surface area contributed by atoms with E-state index in [0.29, 0.717) is 29.2 Å². The molecule has 2 heterocycles. The summed E-state index contributed by atoms with van der Waals surface area (Å²) in [6, 6.07) is 5.42. The predicted octanol–water partition coefficient (Wildman–Crippen LogP) is 3.76. The molecule has 0 spiro atoms. The Labute approximate surface area is 169 Å². The number of aryl methyl sites for hydroxylation is 3. The number of carboxylic acid groups (broad SMARTS) is 1. The van der Waals surface area contributed by atoms with Crippen LogP contribution in [0.3, 0.4) is 0 Å². The summed E-state index contributed by atoms with van der Waals surface area (Å²) >= 11 is 0. The number of hydrogen-bond donors (Lipinski definition) is 2. The molecule has 0 fully saturated rings. The number of hydrogen-bond acceptors (Lipinski definition) is 4. The number of carbonyl (C=O) groups is 1. The lowest BCUT2D eigenvalue weighted by Gasteiger charge is -2.21. The molecule has 7 heteroatoms. The maximum absolute atomic E-state index is 12.9. The molecule has 0 bridgehead atoms. The number of pyridine rings is 2. The number of aromatic nitrogens is 2. The number of ether oxygens (including phenoxy) is 1. The van der Waals surface area contributed by atoms with Crippen LogP contribution < -0.4 is 15.6 Å². The fraction of sp³-hybridized carbons (Fsp3) is 0.409. The van der Waals surface area contributed by atoms with Crippen molar-refractivity contribution in [1.29, 1.82) is 0 Å². The standard InChI is InChI=1S/C22H27N3O4/c1-12(2)8-15(24-22(27)28)11-29-19-10-18-17(9-13(19)3)16-6-7-23-14(4)20(16)21(26)25(18)5/h6-7,9-10,12,15,24H,8,11H2,1-5H3,(H,27,28). The molecule has 7 nitrogen and oxygen atoms in total. The van der Waals surface area contributed by atoms with Gasteiger partial charge in [-0.1, -0.05) is 13.8 Å². The molecule has 3 aromatic rings. The molecule has 1 unspecified atom stereocenters. The summed E-state index contributed by atoms with van der Waals surface area (Å²) < 4.78 is 7.60. The molecule has 0 aliphatic heterocycles. The molecular weight excluding hydrogens is 370 g/mol. The second-order valence-electron chi connectivity index (χ2n) is 7.90. The van der Waals surface area contributed by atoms with E-state index in [1.165, 1.54) is 0 Å². The van der Waals surface area contributed by atoms with E-state index in [0.717, 1.165) is 21.9 Å². The van der Waals surface area contributed by atoms with Crippen LogP contribution in [-0.2, 0) is 7.05 Å². The van der Waals surface area contributed by atoms with Gasteiger partial charge in [-0.25, -0.2) is 4.79 Å². The minimum absolute atomic E-state index is 0.0990. The molecular formula is C22H27N3O4. The van der Waals surface area contributed by atoms with E-state index in [4.69, 9.17) is 9.84 Å². The van der Waals surface area contributed by atoms with Crippen LogP contribution in [0.1, 0.15) is 31.5 Å². The van der Waals surface area contributed by atoms with Gasteiger partial charge in [-0.2, -0.15) is 0 Å². The summed E-state index contributed by atoms with van der Waals surface area (Å²) in [4.78, 5) is 28.2. The highest BCUT2D eigenvalue weighted by atomic mass is 16.5. The smallest absolute Gasteiger partial charge is 0.404 e. The number of benzene rings is 1. The number of fused-ring (bicyclic) bond motifs is 3. The van der Waals surface area contributed by atoms with Crippen LogP contribution in [0.4, 0.5) is 4.79 Å². The van der Waals surface area contributed by atoms with Gasteiger partial charge in [0.25, 0.3) is 5.56 Å². The van der Waals surface area contributed by atoms with E-state index >= 15 is 0 Å². The molecule has 2 aromatic heterocycles. The number of nitrogens with one attached hydrogen (secondary N) is 1. The largest absolute Gasteiger partial charge is 0.491 e. The van der Waals surface area contributed by atoms with Crippen molar-refractivity contribution >= 4 is 27.8 Å². The molecule has 0 aliphatic rings. The third kappa shape index (κ3) is 4.18. The first-order chi connectivity index (χ1) is 13.7. The van der Waals surface area contributed by atoms with Gasteiger partial charge in [0, 0.05) is 24.7 Å². The maximum Gasteiger partial charge on any atom is 0.404 e. The van der Waals surface area contributed by atoms with E-state index in [-0.39, 0.29) is 18.2 Å². The molecule has 1 aromatic carbocycles. The average molecular weight is 397 g/mol. The first kappa shape index (κ1) is 20.6. The lowest BCUT2D eigenvalue weighted by molar-refractivity contribution is 0.176. The van der Waals surface area contributed by atoms with Gasteiger partial charge in [0.05, 0.1) is 22.6 Å². The Morgan fingerprint density at radius 2 is 2.00 bits per heavy atom. The zero-order chi connectivity index (χ0) is 21.3. The van der Waals surface area contributed by atoms with Crippen molar-refractivity contribution in [2.24, 2.45) is 13.0 Å². The van der Waals surface area contributed by atoms with E-state index < -0.39 is 6.09 Å². The molecule has 154 valence electrons. The summed E-state index contributed by atoms with van der Waals surface area (Å²) in [6.45, 7) is 8.08. The van der Waals surface area contributed by atoms with Crippen molar-refractivity contribution in [3.8, 4) is 5.75 Å². The lowest BCUT2D eigenvalue weighted by atomic mass is 10.0. The van der Waals surface area contributed by atoms with Crippen molar-refractivity contribution in [1.82, 2.24) is 14.9 Å². The summed E-state index contributed by atoms with van der Waals surface area (Å²) in [5.41, 5.74) is 2.29. The van der Waals surface area contributed by atoms with E-state index in [9.17, 15) is 9.59 Å². The van der Waals surface area contributed by atoms with Gasteiger partial charge in [-0.05, 0) is 49.3 Å². The van der Waals surface area contributed by atoms with Crippen molar-refractivity contribution in [3.05, 3.63) is 46.0 Å². The van der Waals surface area contributed by atoms with Gasteiger partial charge < -0.3 is 19.7 Å². The third-order valence-electron chi connectivity index (χ3n) is 5.13. The van der Waals surface area contributed by atoms with Crippen LogP contribution in [0, 0.1) is 19.8 Å². The van der Waals surface area contributed by atoms with Crippen molar-refractivity contribution in [2.75, 3.05) is 6.61 Å². The quantitative estimate of drug-likeness (QED) is 0.618. The topological polar surface area (TPSA) is 93.5 Å². The van der Waals surface area contributed by atoms with Crippen molar-refractivity contribution < 1.29 is 14.6 Å². The normalized spacial score (nSPS) is 12.5. The fourth-order valence-electron chi connectivity index (χ4n) is 3.77. The van der Waals surface area contributed by atoms with E-state index in [1.54, 1.807) is 17.8 Å². The number of amides is 1. The van der Waals surface area contributed by atoms with Crippen LogP contribution >= 0.6 is 0 Å². The molecule has 2 N–H and O–H groups in total. The van der Waals surface area contributed by atoms with Crippen molar-refractivity contribution in [3.63, 3.8) is 0 Å². The summed E-state index contributed by atoms with van der Waals surface area (Å²) in [7, 11) is 1.74. The first-order valence-electron chi connectivity index (χ1n) is 9.70. The Balaban J connectivity index is 2.03. The summed E-state index contributed by atoms with van der Waals surface area (Å²) in [5.74, 6) is 0.968. The molecule has 0 radical (unpaired) electrons. The van der Waals surface area contributed by atoms with Crippen LogP contribution in [0.2, 0.25) is 0 Å². The highest BCUT2D eigenvalue weighted by Gasteiger charge is 2.17. The number of nitrogens with zero attached hydrogens (tertiary/aromatic N) is 2. The average Bonchev–Trinajstić information content (AvgIpc) is 2.63. The molecule has 0 saturated heterocycles. The zero-order valence-corrected chi connectivity index (χ0v) is 17.4. The summed E-state index contributed by atoms with van der Waals surface area (Å²) in [5, 5.41) is 14.0. The minimum Gasteiger partial charge on any atom is -0.491 e. The lowest BCUT2D eigenvalue weighted by Crippen LogP contribution is -2.39. The molecule has 3 rings (SSSR count). The van der Waals surface area contributed by atoms with Gasteiger partial charge >= 0.3 is 6.09 Å². The fourth-order valence-corrected chi connectivity index (χ4v) is 3.77. The Bertz CT molecular complexity index is 1130. The van der Waals surface area contributed by atoms with Crippen molar-refractivity contribution in [2.45, 2.75) is 40.2 Å². The van der Waals surface area contributed by atoms with E-state index in [1.807, 2.05) is 45.9 Å². The maximum atomic E-state index is 12.9. The van der Waals surface area contributed by atoms with E-state index in [2.05, 4.69) is 10.3 Å². The predicted molar refractivity (Wildman–Crippen MR) is 114 cm³/mol. The Morgan fingerprint density at radius 1 is 1.28 bits per heavy atom. The first-order valence-corrected chi connectivity index (χ1v) is 9.70. The van der Waals surface area contributed by atoms with Gasteiger partial charge in [-0.15, -0.1) is 0 Å². The minimum atomic E-state index is -1.06. The van der Waals surface area contributed by atoms with Gasteiger partial charge in [0.1, 0.15) is 12.4 Å². The van der Waals surface area contributed by atoms with Gasteiger partial charge in [-0.3, -0.25) is 9.78 Å². The third-order valence-corrected chi connectivity index (χ3v) is 5.13. The second kappa shape index (κ2) is 8.11. The Kier molecular flexibility index (Phi) is 5.77. The number of rotatable bonds is 6. The molecule has 1 atom stereocenters. The molecule has 0 saturated carbocycles. The summed E-state index contributed by atoms with van der Waals surface area (Å²) in [6.07, 6.45) is 1.32. The van der Waals surface area contributed by atoms with Crippen LogP contribution in [0.25, 0.3) is 21.7 Å². The van der Waals surface area contributed by atoms with Gasteiger partial charge in [0.2, 0.25) is 0 Å². The van der Waals surface area contributed by atoms with Gasteiger partial charge in [0.15, 0.2) is 0 Å². The van der Waals surface area contributed by atoms with Crippen LogP contribution in [-0.4, -0.2) is 33.4 Å². The molecule has 29 heavy (non-hydrogen) atoms. The second-order valence-corrected chi connectivity index (χ2v) is 7.90. The zero-order valence-electron chi connectivity index (χ0n) is 17.4. The van der Waals surface area contributed by atoms with Crippen LogP contribution in [0.5, 0.6) is 5.75 Å². The molecule has 0 aliphatic carbocycles. The van der Waals surface area contributed by atoms with Crippen LogP contribution in [0.15, 0.2) is 29.2 Å². The Morgan fingerprint density at radius 3 is 2.66 bits per heavy atom. The SMILES string of the molecule is Cc1cc2c3ccnc(C)c3c(=O)n(C)c2cc1OCC(CC(C)C)NC(=O)O. The highest BCUT2D eigenvalue weighted by molar-refractivity contribution is 6.06. The Hall–Kier alpha value is -3.09. The highest BCUT2D eigenvalue weighted by Crippen LogP contribution is 2.30. The monoisotopic (exact) mass is 397 g/mol.